The van der Waals surface area contributed by atoms with Gasteiger partial charge < -0.3 is 5.11 Å². The lowest BCUT2D eigenvalue weighted by atomic mass is 9.99. The van der Waals surface area contributed by atoms with Crippen LogP contribution < -0.4 is 0 Å². The van der Waals surface area contributed by atoms with Crippen LogP contribution in [0.15, 0.2) is 18.2 Å². The van der Waals surface area contributed by atoms with Gasteiger partial charge in [-0.1, -0.05) is 13.0 Å². The van der Waals surface area contributed by atoms with Crippen molar-refractivity contribution in [3.8, 4) is 0 Å². The topological polar surface area (TPSA) is 37.3 Å². The summed E-state index contributed by atoms with van der Waals surface area (Å²) in [5.74, 6) is -3.28. The number of halogens is 4. The van der Waals surface area contributed by atoms with Crippen molar-refractivity contribution in [2.45, 2.75) is 19.5 Å². The van der Waals surface area contributed by atoms with Crippen molar-refractivity contribution < 1.29 is 27.5 Å². The van der Waals surface area contributed by atoms with Gasteiger partial charge in [-0.05, 0) is 24.1 Å². The number of benzene rings is 1. The van der Waals surface area contributed by atoms with E-state index in [4.69, 9.17) is 5.11 Å². The van der Waals surface area contributed by atoms with Crippen LogP contribution in [0.4, 0.5) is 17.6 Å². The van der Waals surface area contributed by atoms with Crippen LogP contribution >= 0.6 is 0 Å². The summed E-state index contributed by atoms with van der Waals surface area (Å²) in [4.78, 5) is 10.6. The molecule has 1 unspecified atom stereocenters. The SMILES string of the molecule is CC(Cc1ccc(F)c(C(F)(F)F)c1)C(=O)O. The molecule has 0 saturated carbocycles. The highest BCUT2D eigenvalue weighted by Crippen LogP contribution is 2.32. The van der Waals surface area contributed by atoms with Crippen molar-refractivity contribution in [2.75, 3.05) is 0 Å². The third-order valence-corrected chi connectivity index (χ3v) is 2.30. The van der Waals surface area contributed by atoms with Gasteiger partial charge in [-0.25, -0.2) is 4.39 Å². The molecule has 0 aliphatic rings. The quantitative estimate of drug-likeness (QED) is 0.837. The first kappa shape index (κ1) is 13.5. The van der Waals surface area contributed by atoms with Crippen molar-refractivity contribution in [1.82, 2.24) is 0 Å². The zero-order valence-corrected chi connectivity index (χ0v) is 8.88. The Bertz CT molecular complexity index is 426. The Kier molecular flexibility index (Phi) is 3.75. The van der Waals surface area contributed by atoms with Gasteiger partial charge in [-0.2, -0.15) is 13.2 Å². The molecule has 0 amide bonds. The van der Waals surface area contributed by atoms with E-state index in [9.17, 15) is 22.4 Å². The molecule has 1 atom stereocenters. The number of carboxylic acid groups (broad SMARTS) is 1. The third-order valence-electron chi connectivity index (χ3n) is 2.30. The summed E-state index contributed by atoms with van der Waals surface area (Å²) in [6, 6.07) is 2.51. The number of rotatable bonds is 3. The molecule has 2 nitrogen and oxygen atoms in total. The molecule has 1 aromatic rings. The van der Waals surface area contributed by atoms with Crippen molar-refractivity contribution >= 4 is 5.97 Å². The fraction of sp³-hybridized carbons (Fsp3) is 0.364. The number of hydrogen-bond acceptors (Lipinski definition) is 1. The van der Waals surface area contributed by atoms with E-state index in [0.29, 0.717) is 12.1 Å². The largest absolute Gasteiger partial charge is 0.481 e. The summed E-state index contributed by atoms with van der Waals surface area (Å²) < 4.78 is 50.0. The summed E-state index contributed by atoms with van der Waals surface area (Å²) in [5.41, 5.74) is -1.22. The summed E-state index contributed by atoms with van der Waals surface area (Å²) in [6.45, 7) is 1.37. The maximum Gasteiger partial charge on any atom is 0.419 e. The van der Waals surface area contributed by atoms with E-state index in [1.165, 1.54) is 6.92 Å². The van der Waals surface area contributed by atoms with E-state index >= 15 is 0 Å². The second-order valence-electron chi connectivity index (χ2n) is 3.76. The first-order valence-electron chi connectivity index (χ1n) is 4.80. The van der Waals surface area contributed by atoms with Gasteiger partial charge in [0.25, 0.3) is 0 Å². The average molecular weight is 250 g/mol. The summed E-state index contributed by atoms with van der Waals surface area (Å²) in [6.07, 6.45) is -4.84. The second kappa shape index (κ2) is 4.73. The second-order valence-corrected chi connectivity index (χ2v) is 3.76. The molecule has 17 heavy (non-hydrogen) atoms. The molecular formula is C11H10F4O2. The Labute approximate surface area is 94.9 Å². The normalized spacial score (nSPS) is 13.5. The van der Waals surface area contributed by atoms with Crippen molar-refractivity contribution in [2.24, 2.45) is 5.92 Å². The minimum absolute atomic E-state index is 0.0707. The molecule has 0 radical (unpaired) electrons. The molecule has 94 valence electrons. The Morgan fingerprint density at radius 2 is 2.00 bits per heavy atom. The monoisotopic (exact) mass is 250 g/mol. The summed E-state index contributed by atoms with van der Waals surface area (Å²) in [5, 5.41) is 8.63. The van der Waals surface area contributed by atoms with E-state index < -0.39 is 29.4 Å². The van der Waals surface area contributed by atoms with Gasteiger partial charge in [-0.15, -0.1) is 0 Å². The van der Waals surface area contributed by atoms with Gasteiger partial charge in [0.2, 0.25) is 0 Å². The predicted octanol–water partition coefficient (Wildman–Crippen LogP) is 3.11. The zero-order valence-electron chi connectivity index (χ0n) is 8.88. The van der Waals surface area contributed by atoms with E-state index in [-0.39, 0.29) is 12.0 Å². The molecule has 0 saturated heterocycles. The van der Waals surface area contributed by atoms with Crippen molar-refractivity contribution in [3.05, 3.63) is 35.1 Å². The Hall–Kier alpha value is -1.59. The highest BCUT2D eigenvalue weighted by atomic mass is 19.4. The Morgan fingerprint density at radius 1 is 1.41 bits per heavy atom. The van der Waals surface area contributed by atoms with Crippen LogP contribution in [-0.2, 0) is 17.4 Å². The number of aliphatic carboxylic acids is 1. The summed E-state index contributed by atoms with van der Waals surface area (Å²) >= 11 is 0. The molecule has 0 bridgehead atoms. The van der Waals surface area contributed by atoms with Crippen LogP contribution in [-0.4, -0.2) is 11.1 Å². The van der Waals surface area contributed by atoms with E-state index in [0.717, 1.165) is 6.07 Å². The first-order valence-corrected chi connectivity index (χ1v) is 4.80. The molecule has 1 aromatic carbocycles. The van der Waals surface area contributed by atoms with Crippen molar-refractivity contribution in [3.63, 3.8) is 0 Å². The maximum absolute atomic E-state index is 12.9. The third kappa shape index (κ3) is 3.44. The first-order chi connectivity index (χ1) is 7.71. The Balaban J connectivity index is 3.01. The van der Waals surface area contributed by atoms with E-state index in [1.807, 2.05) is 0 Å². The lowest BCUT2D eigenvalue weighted by Gasteiger charge is -2.11. The molecule has 0 heterocycles. The lowest BCUT2D eigenvalue weighted by Crippen LogP contribution is -2.14. The molecule has 0 aromatic heterocycles. The fourth-order valence-corrected chi connectivity index (χ4v) is 1.36. The molecule has 1 rings (SSSR count). The van der Waals surface area contributed by atoms with E-state index in [1.54, 1.807) is 0 Å². The molecule has 0 spiro atoms. The fourth-order valence-electron chi connectivity index (χ4n) is 1.36. The van der Waals surface area contributed by atoms with Gasteiger partial charge in [0.1, 0.15) is 5.82 Å². The van der Waals surface area contributed by atoms with Gasteiger partial charge in [-0.3, -0.25) is 4.79 Å². The molecule has 0 fully saturated rings. The smallest absolute Gasteiger partial charge is 0.419 e. The zero-order chi connectivity index (χ0) is 13.2. The van der Waals surface area contributed by atoms with Crippen LogP contribution in [0.3, 0.4) is 0 Å². The van der Waals surface area contributed by atoms with Crippen LogP contribution in [0.2, 0.25) is 0 Å². The lowest BCUT2D eigenvalue weighted by molar-refractivity contribution is -0.141. The van der Waals surface area contributed by atoms with Gasteiger partial charge in [0.05, 0.1) is 11.5 Å². The molecule has 1 N–H and O–H groups in total. The van der Waals surface area contributed by atoms with Crippen LogP contribution in [0.25, 0.3) is 0 Å². The minimum atomic E-state index is -4.77. The molecule has 6 heteroatoms. The predicted molar refractivity (Wildman–Crippen MR) is 51.9 cm³/mol. The number of carboxylic acids is 1. The highest BCUT2D eigenvalue weighted by Gasteiger charge is 2.34. The number of carbonyl (C=O) groups is 1. The van der Waals surface area contributed by atoms with Crippen molar-refractivity contribution in [1.29, 1.82) is 0 Å². The van der Waals surface area contributed by atoms with Gasteiger partial charge in [0.15, 0.2) is 0 Å². The minimum Gasteiger partial charge on any atom is -0.481 e. The van der Waals surface area contributed by atoms with E-state index in [2.05, 4.69) is 0 Å². The van der Waals surface area contributed by atoms with Gasteiger partial charge in [0, 0.05) is 0 Å². The van der Waals surface area contributed by atoms with Gasteiger partial charge >= 0.3 is 12.1 Å². The molecule has 0 aliphatic heterocycles. The van der Waals surface area contributed by atoms with Crippen LogP contribution in [0.5, 0.6) is 0 Å². The number of alkyl halides is 3. The number of hydrogen-bond donors (Lipinski definition) is 1. The molecular weight excluding hydrogens is 240 g/mol. The van der Waals surface area contributed by atoms with Crippen LogP contribution in [0.1, 0.15) is 18.1 Å². The highest BCUT2D eigenvalue weighted by molar-refractivity contribution is 5.69. The van der Waals surface area contributed by atoms with Crippen LogP contribution in [0, 0.1) is 11.7 Å². The Morgan fingerprint density at radius 3 is 2.47 bits per heavy atom. The maximum atomic E-state index is 12.9. The standard InChI is InChI=1S/C11H10F4O2/c1-6(10(16)17)4-7-2-3-9(12)8(5-7)11(13,14)15/h2-3,5-6H,4H2,1H3,(H,16,17). The molecule has 0 aliphatic carbocycles. The average Bonchev–Trinajstić information content (AvgIpc) is 2.19. The summed E-state index contributed by atoms with van der Waals surface area (Å²) in [7, 11) is 0.